The molecule has 0 aliphatic heterocycles. The van der Waals surface area contributed by atoms with Gasteiger partial charge in [-0.05, 0) is 31.0 Å². The molecule has 0 saturated carbocycles. The maximum Gasteiger partial charge on any atom is 0.166 e. The van der Waals surface area contributed by atoms with Crippen molar-refractivity contribution in [1.82, 2.24) is 4.98 Å². The van der Waals surface area contributed by atoms with Crippen LogP contribution in [-0.4, -0.2) is 10.8 Å². The second kappa shape index (κ2) is 3.45. The molecular formula is C13H13N3O. The number of aryl methyl sites for hydroxylation is 1. The van der Waals surface area contributed by atoms with Crippen LogP contribution in [0, 0.1) is 0 Å². The molecule has 1 aromatic carbocycles. The minimum atomic E-state index is 0.0978. The van der Waals surface area contributed by atoms with Crippen molar-refractivity contribution in [2.45, 2.75) is 19.3 Å². The Labute approximate surface area is 98.6 Å². The van der Waals surface area contributed by atoms with Crippen LogP contribution < -0.4 is 11.5 Å². The first-order valence-electron chi connectivity index (χ1n) is 5.67. The first-order valence-corrected chi connectivity index (χ1v) is 5.67. The predicted molar refractivity (Wildman–Crippen MR) is 67.8 cm³/mol. The average molecular weight is 227 g/mol. The van der Waals surface area contributed by atoms with Crippen LogP contribution in [0.1, 0.15) is 28.9 Å². The summed E-state index contributed by atoms with van der Waals surface area (Å²) in [6, 6.07) is 5.42. The molecular weight excluding hydrogens is 214 g/mol. The van der Waals surface area contributed by atoms with E-state index in [0.29, 0.717) is 23.4 Å². The zero-order valence-electron chi connectivity index (χ0n) is 9.36. The monoisotopic (exact) mass is 227 g/mol. The van der Waals surface area contributed by atoms with E-state index in [1.807, 2.05) is 6.07 Å². The molecule has 0 radical (unpaired) electrons. The quantitative estimate of drug-likeness (QED) is 0.673. The zero-order chi connectivity index (χ0) is 12.0. The first-order chi connectivity index (χ1) is 8.16. The first kappa shape index (κ1) is 10.1. The highest BCUT2D eigenvalue weighted by Crippen LogP contribution is 2.31. The molecule has 1 aliphatic rings. The van der Waals surface area contributed by atoms with Gasteiger partial charge in [-0.2, -0.15) is 0 Å². The molecule has 0 unspecified atom stereocenters. The number of ketones is 1. The fourth-order valence-electron chi connectivity index (χ4n) is 2.39. The molecule has 1 heterocycles. The normalized spacial score (nSPS) is 14.9. The summed E-state index contributed by atoms with van der Waals surface area (Å²) >= 11 is 0. The highest BCUT2D eigenvalue weighted by Gasteiger charge is 2.22. The third-order valence-corrected chi connectivity index (χ3v) is 3.22. The molecule has 0 bridgehead atoms. The summed E-state index contributed by atoms with van der Waals surface area (Å²) in [5, 5.41) is 0.777. The molecule has 4 nitrogen and oxygen atoms in total. The average Bonchev–Trinajstić information content (AvgIpc) is 2.30. The lowest BCUT2D eigenvalue weighted by molar-refractivity contribution is 0.0973. The maximum absolute atomic E-state index is 11.9. The zero-order valence-corrected chi connectivity index (χ0v) is 9.36. The molecule has 0 saturated heterocycles. The molecule has 1 aromatic heterocycles. The van der Waals surface area contributed by atoms with Crippen molar-refractivity contribution in [2.75, 3.05) is 11.5 Å². The molecule has 0 fully saturated rings. The fraction of sp³-hybridized carbons (Fsp3) is 0.231. The van der Waals surface area contributed by atoms with Crippen molar-refractivity contribution in [3.8, 4) is 0 Å². The standard InChI is InChI=1S/C13H13N3O/c14-7-4-5-9-8(6-7)13(15)12-10(16-9)2-1-3-11(12)17/h4-6H,1-3,14H2,(H2,15,16). The molecule has 4 heteroatoms. The van der Waals surface area contributed by atoms with Gasteiger partial charge in [0.2, 0.25) is 0 Å². The van der Waals surface area contributed by atoms with Crippen LogP contribution in [-0.2, 0) is 6.42 Å². The summed E-state index contributed by atoms with van der Waals surface area (Å²) in [6.45, 7) is 0. The van der Waals surface area contributed by atoms with Gasteiger partial charge in [0.15, 0.2) is 5.78 Å². The van der Waals surface area contributed by atoms with Crippen LogP contribution >= 0.6 is 0 Å². The highest BCUT2D eigenvalue weighted by atomic mass is 16.1. The van der Waals surface area contributed by atoms with E-state index < -0.39 is 0 Å². The van der Waals surface area contributed by atoms with Gasteiger partial charge in [0.1, 0.15) is 0 Å². The van der Waals surface area contributed by atoms with Gasteiger partial charge in [-0.1, -0.05) is 0 Å². The second-order valence-corrected chi connectivity index (χ2v) is 4.40. The summed E-state index contributed by atoms with van der Waals surface area (Å²) in [5.74, 6) is 0.0978. The Morgan fingerprint density at radius 3 is 2.82 bits per heavy atom. The number of nitrogens with two attached hydrogens (primary N) is 2. The number of hydrogen-bond acceptors (Lipinski definition) is 4. The van der Waals surface area contributed by atoms with Gasteiger partial charge < -0.3 is 11.5 Å². The van der Waals surface area contributed by atoms with E-state index in [0.717, 1.165) is 29.4 Å². The van der Waals surface area contributed by atoms with E-state index in [9.17, 15) is 4.79 Å². The third-order valence-electron chi connectivity index (χ3n) is 3.22. The Hall–Kier alpha value is -2.10. The molecule has 1 aliphatic carbocycles. The molecule has 4 N–H and O–H groups in total. The Kier molecular flexibility index (Phi) is 2.04. The van der Waals surface area contributed by atoms with E-state index in [2.05, 4.69) is 4.98 Å². The van der Waals surface area contributed by atoms with Crippen LogP contribution in [0.2, 0.25) is 0 Å². The number of carbonyl (C=O) groups is 1. The smallest absolute Gasteiger partial charge is 0.166 e. The lowest BCUT2D eigenvalue weighted by Crippen LogP contribution is -2.15. The van der Waals surface area contributed by atoms with E-state index in [1.165, 1.54) is 0 Å². The number of benzene rings is 1. The van der Waals surface area contributed by atoms with E-state index in [1.54, 1.807) is 12.1 Å². The Morgan fingerprint density at radius 2 is 2.00 bits per heavy atom. The summed E-state index contributed by atoms with van der Waals surface area (Å²) in [7, 11) is 0. The van der Waals surface area contributed by atoms with Gasteiger partial charge in [0.05, 0.1) is 22.5 Å². The van der Waals surface area contributed by atoms with Gasteiger partial charge in [0.25, 0.3) is 0 Å². The van der Waals surface area contributed by atoms with E-state index in [-0.39, 0.29) is 5.78 Å². The maximum atomic E-state index is 11.9. The number of Topliss-reactive ketones (excluding diaryl/α,β-unsaturated/α-hetero) is 1. The molecule has 0 amide bonds. The molecule has 17 heavy (non-hydrogen) atoms. The van der Waals surface area contributed by atoms with Gasteiger partial charge in [-0.3, -0.25) is 9.78 Å². The number of nitrogen functional groups attached to an aromatic ring is 2. The number of hydrogen-bond donors (Lipinski definition) is 2. The Morgan fingerprint density at radius 1 is 1.18 bits per heavy atom. The minimum absolute atomic E-state index is 0.0978. The topological polar surface area (TPSA) is 82.0 Å². The van der Waals surface area contributed by atoms with Crippen molar-refractivity contribution in [2.24, 2.45) is 0 Å². The van der Waals surface area contributed by atoms with Crippen molar-refractivity contribution < 1.29 is 4.79 Å². The fourth-order valence-corrected chi connectivity index (χ4v) is 2.39. The van der Waals surface area contributed by atoms with Crippen molar-refractivity contribution in [1.29, 1.82) is 0 Å². The summed E-state index contributed by atoms with van der Waals surface area (Å²) in [5.41, 5.74) is 15.2. The molecule has 86 valence electrons. The number of anilines is 2. The minimum Gasteiger partial charge on any atom is -0.399 e. The van der Waals surface area contributed by atoms with Gasteiger partial charge in [0, 0.05) is 17.5 Å². The molecule has 2 aromatic rings. The van der Waals surface area contributed by atoms with Crippen molar-refractivity contribution in [3.05, 3.63) is 29.5 Å². The van der Waals surface area contributed by atoms with Crippen LogP contribution in [0.4, 0.5) is 11.4 Å². The second-order valence-electron chi connectivity index (χ2n) is 4.40. The lowest BCUT2D eigenvalue weighted by Gasteiger charge is -2.17. The summed E-state index contributed by atoms with van der Waals surface area (Å²) in [4.78, 5) is 16.4. The largest absolute Gasteiger partial charge is 0.399 e. The molecule has 0 atom stereocenters. The van der Waals surface area contributed by atoms with E-state index in [4.69, 9.17) is 11.5 Å². The number of carbonyl (C=O) groups excluding carboxylic acids is 1. The number of rotatable bonds is 0. The van der Waals surface area contributed by atoms with Crippen LogP contribution in [0.25, 0.3) is 10.9 Å². The van der Waals surface area contributed by atoms with Crippen LogP contribution in [0.5, 0.6) is 0 Å². The summed E-state index contributed by atoms with van der Waals surface area (Å²) < 4.78 is 0. The third kappa shape index (κ3) is 1.45. The lowest BCUT2D eigenvalue weighted by atomic mass is 9.92. The number of aromatic nitrogens is 1. The predicted octanol–water partition coefficient (Wildman–Crippen LogP) is 1.92. The number of fused-ring (bicyclic) bond motifs is 2. The Balaban J connectivity index is 2.40. The van der Waals surface area contributed by atoms with E-state index >= 15 is 0 Å². The van der Waals surface area contributed by atoms with Gasteiger partial charge in [-0.15, -0.1) is 0 Å². The number of pyridine rings is 1. The molecule has 0 spiro atoms. The van der Waals surface area contributed by atoms with Crippen molar-refractivity contribution >= 4 is 28.1 Å². The van der Waals surface area contributed by atoms with Crippen LogP contribution in [0.3, 0.4) is 0 Å². The SMILES string of the molecule is Nc1ccc2nc3c(c(N)c2c1)C(=O)CCC3. The number of nitrogens with zero attached hydrogens (tertiary/aromatic N) is 1. The van der Waals surface area contributed by atoms with Gasteiger partial charge in [-0.25, -0.2) is 0 Å². The highest BCUT2D eigenvalue weighted by molar-refractivity contribution is 6.09. The molecule has 3 rings (SSSR count). The van der Waals surface area contributed by atoms with Gasteiger partial charge >= 0.3 is 0 Å². The van der Waals surface area contributed by atoms with Crippen molar-refractivity contribution in [3.63, 3.8) is 0 Å². The summed E-state index contributed by atoms with van der Waals surface area (Å²) in [6.07, 6.45) is 2.25. The Bertz CT molecular complexity index is 634. The van der Waals surface area contributed by atoms with Crippen LogP contribution in [0.15, 0.2) is 18.2 Å².